The zero-order valence-electron chi connectivity index (χ0n) is 16.8. The number of carbonyl (C=O) groups is 2. The van der Waals surface area contributed by atoms with Crippen molar-refractivity contribution < 1.29 is 18.0 Å². The molecule has 2 amide bonds. The van der Waals surface area contributed by atoms with Crippen molar-refractivity contribution in [1.82, 2.24) is 14.9 Å². The zero-order valence-corrected chi connectivity index (χ0v) is 17.6. The highest BCUT2D eigenvalue weighted by molar-refractivity contribution is 7.89. The van der Waals surface area contributed by atoms with E-state index in [9.17, 15) is 18.0 Å². The van der Waals surface area contributed by atoms with Crippen LogP contribution in [-0.4, -0.2) is 44.8 Å². The molecular weight excluding hydrogens is 402 g/mol. The molecule has 30 heavy (non-hydrogen) atoms. The minimum atomic E-state index is -3.79. The van der Waals surface area contributed by atoms with E-state index in [4.69, 9.17) is 0 Å². The second-order valence-corrected chi connectivity index (χ2v) is 9.03. The Kier molecular flexibility index (Phi) is 7.59. The van der Waals surface area contributed by atoms with Gasteiger partial charge in [-0.25, -0.2) is 13.1 Å². The Labute approximate surface area is 177 Å². The van der Waals surface area contributed by atoms with Gasteiger partial charge in [0.2, 0.25) is 21.8 Å². The molecule has 2 N–H and O–H groups in total. The molecule has 3 rings (SSSR count). The fourth-order valence-electron chi connectivity index (χ4n) is 3.54. The van der Waals surface area contributed by atoms with Gasteiger partial charge in [0.1, 0.15) is 0 Å². The first-order chi connectivity index (χ1) is 14.5. The van der Waals surface area contributed by atoms with Crippen molar-refractivity contribution in [2.24, 2.45) is 0 Å². The SMILES string of the molecule is O=C1CC(c2ccccc2)N(C(=O)CNS(=O)(=O)c2ccccc2)CCCCCN1. The van der Waals surface area contributed by atoms with Gasteiger partial charge in [0.25, 0.3) is 0 Å². The third-order valence-corrected chi connectivity index (χ3v) is 6.54. The summed E-state index contributed by atoms with van der Waals surface area (Å²) in [4.78, 5) is 27.2. The first-order valence-corrected chi connectivity index (χ1v) is 11.6. The van der Waals surface area contributed by atoms with Crippen LogP contribution in [0.2, 0.25) is 0 Å². The second kappa shape index (κ2) is 10.4. The topological polar surface area (TPSA) is 95.6 Å². The van der Waals surface area contributed by atoms with E-state index in [1.54, 1.807) is 23.1 Å². The lowest BCUT2D eigenvalue weighted by Gasteiger charge is -2.33. The van der Waals surface area contributed by atoms with E-state index in [1.807, 2.05) is 30.3 Å². The average Bonchev–Trinajstić information content (AvgIpc) is 2.77. The molecule has 1 aliphatic heterocycles. The number of benzene rings is 2. The van der Waals surface area contributed by atoms with Crippen LogP contribution < -0.4 is 10.0 Å². The maximum absolute atomic E-state index is 13.1. The molecule has 0 saturated carbocycles. The van der Waals surface area contributed by atoms with E-state index in [0.717, 1.165) is 24.8 Å². The summed E-state index contributed by atoms with van der Waals surface area (Å²) in [6.45, 7) is 0.742. The highest BCUT2D eigenvalue weighted by Gasteiger charge is 2.28. The largest absolute Gasteiger partial charge is 0.356 e. The smallest absolute Gasteiger partial charge is 0.241 e. The van der Waals surface area contributed by atoms with Crippen molar-refractivity contribution >= 4 is 21.8 Å². The van der Waals surface area contributed by atoms with Gasteiger partial charge in [0.05, 0.1) is 23.9 Å². The molecule has 1 fully saturated rings. The van der Waals surface area contributed by atoms with Crippen LogP contribution in [0.5, 0.6) is 0 Å². The van der Waals surface area contributed by atoms with E-state index in [2.05, 4.69) is 10.0 Å². The Morgan fingerprint density at radius 3 is 2.37 bits per heavy atom. The Bertz CT molecular complexity index is 949. The predicted octanol–water partition coefficient (Wildman–Crippen LogP) is 2.23. The number of hydrogen-bond donors (Lipinski definition) is 2. The summed E-state index contributed by atoms with van der Waals surface area (Å²) in [5.41, 5.74) is 0.854. The summed E-state index contributed by atoms with van der Waals surface area (Å²) < 4.78 is 27.4. The van der Waals surface area contributed by atoms with E-state index in [-0.39, 0.29) is 29.7 Å². The Balaban J connectivity index is 1.80. The number of hydrogen-bond acceptors (Lipinski definition) is 4. The number of nitrogens with zero attached hydrogens (tertiary/aromatic N) is 1. The van der Waals surface area contributed by atoms with Gasteiger partial charge >= 0.3 is 0 Å². The molecule has 1 heterocycles. The summed E-state index contributed by atoms with van der Waals surface area (Å²) in [6.07, 6.45) is 2.66. The van der Waals surface area contributed by atoms with Gasteiger partial charge in [-0.3, -0.25) is 9.59 Å². The number of amides is 2. The van der Waals surface area contributed by atoms with Crippen molar-refractivity contribution in [1.29, 1.82) is 0 Å². The molecule has 1 saturated heterocycles. The number of carbonyl (C=O) groups excluding carboxylic acids is 2. The van der Waals surface area contributed by atoms with Crippen molar-refractivity contribution in [3.8, 4) is 0 Å². The van der Waals surface area contributed by atoms with Crippen LogP contribution in [0.25, 0.3) is 0 Å². The maximum Gasteiger partial charge on any atom is 0.241 e. The maximum atomic E-state index is 13.1. The molecule has 1 unspecified atom stereocenters. The molecule has 0 radical (unpaired) electrons. The third kappa shape index (κ3) is 5.90. The molecule has 1 atom stereocenters. The van der Waals surface area contributed by atoms with Crippen LogP contribution in [0, 0.1) is 0 Å². The lowest BCUT2D eigenvalue weighted by Crippen LogP contribution is -2.44. The normalized spacial score (nSPS) is 18.5. The fourth-order valence-corrected chi connectivity index (χ4v) is 4.53. The van der Waals surface area contributed by atoms with Crippen molar-refractivity contribution in [2.45, 2.75) is 36.6 Å². The van der Waals surface area contributed by atoms with Gasteiger partial charge in [-0.15, -0.1) is 0 Å². The lowest BCUT2D eigenvalue weighted by atomic mass is 10.00. The van der Waals surface area contributed by atoms with Crippen LogP contribution >= 0.6 is 0 Å². The van der Waals surface area contributed by atoms with Gasteiger partial charge in [-0.2, -0.15) is 0 Å². The molecule has 0 spiro atoms. The monoisotopic (exact) mass is 429 g/mol. The van der Waals surface area contributed by atoms with E-state index in [0.29, 0.717) is 13.1 Å². The molecule has 0 aliphatic carbocycles. The Morgan fingerprint density at radius 2 is 1.67 bits per heavy atom. The zero-order chi connectivity index (χ0) is 21.4. The van der Waals surface area contributed by atoms with Crippen LogP contribution in [0.1, 0.15) is 37.3 Å². The van der Waals surface area contributed by atoms with Crippen molar-refractivity contribution in [2.75, 3.05) is 19.6 Å². The highest BCUT2D eigenvalue weighted by Crippen LogP contribution is 2.26. The van der Waals surface area contributed by atoms with Crippen molar-refractivity contribution in [3.63, 3.8) is 0 Å². The molecule has 2 aromatic carbocycles. The summed E-state index contributed by atoms with van der Waals surface area (Å²) in [5.74, 6) is -0.467. The van der Waals surface area contributed by atoms with E-state index in [1.165, 1.54) is 12.1 Å². The lowest BCUT2D eigenvalue weighted by molar-refractivity contribution is -0.134. The van der Waals surface area contributed by atoms with Crippen LogP contribution in [-0.2, 0) is 19.6 Å². The minimum Gasteiger partial charge on any atom is -0.356 e. The van der Waals surface area contributed by atoms with E-state index >= 15 is 0 Å². The standard InChI is InChI=1S/C22H27N3O4S/c26-21-16-20(18-10-4-1-5-11-18)25(15-9-3-8-14-23-21)22(27)17-24-30(28,29)19-12-6-2-7-13-19/h1-2,4-7,10-13,20,24H,3,8-9,14-17H2,(H,23,26). The number of nitrogens with one attached hydrogen (secondary N) is 2. The molecule has 7 nitrogen and oxygen atoms in total. The fraction of sp³-hybridized carbons (Fsp3) is 0.364. The highest BCUT2D eigenvalue weighted by atomic mass is 32.2. The molecular formula is C22H27N3O4S. The molecule has 0 bridgehead atoms. The average molecular weight is 430 g/mol. The van der Waals surface area contributed by atoms with Crippen molar-refractivity contribution in [3.05, 3.63) is 66.2 Å². The summed E-state index contributed by atoms with van der Waals surface area (Å²) in [6, 6.07) is 16.9. The first-order valence-electron chi connectivity index (χ1n) is 10.1. The molecule has 160 valence electrons. The molecule has 8 heteroatoms. The van der Waals surface area contributed by atoms with Crippen LogP contribution in [0.4, 0.5) is 0 Å². The van der Waals surface area contributed by atoms with Crippen LogP contribution in [0.15, 0.2) is 65.6 Å². The quantitative estimate of drug-likeness (QED) is 0.762. The van der Waals surface area contributed by atoms with Gasteiger partial charge < -0.3 is 10.2 Å². The van der Waals surface area contributed by atoms with Gasteiger partial charge in [0, 0.05) is 13.1 Å². The van der Waals surface area contributed by atoms with Gasteiger partial charge in [-0.1, -0.05) is 48.5 Å². The third-order valence-electron chi connectivity index (χ3n) is 5.12. The molecule has 2 aromatic rings. The number of rotatable bonds is 5. The second-order valence-electron chi connectivity index (χ2n) is 7.27. The van der Waals surface area contributed by atoms with Gasteiger partial charge in [-0.05, 0) is 37.0 Å². The van der Waals surface area contributed by atoms with Gasteiger partial charge in [0.15, 0.2) is 0 Å². The molecule has 1 aliphatic rings. The minimum absolute atomic E-state index is 0.109. The summed E-state index contributed by atoms with van der Waals surface area (Å²) in [7, 11) is -3.79. The van der Waals surface area contributed by atoms with E-state index < -0.39 is 16.1 Å². The Hall–Kier alpha value is -2.71. The Morgan fingerprint density at radius 1 is 1.00 bits per heavy atom. The predicted molar refractivity (Wildman–Crippen MR) is 114 cm³/mol. The first kappa shape index (κ1) is 22.0. The number of sulfonamides is 1. The van der Waals surface area contributed by atoms with Crippen LogP contribution in [0.3, 0.4) is 0 Å². The molecule has 0 aromatic heterocycles. The summed E-state index contributed by atoms with van der Waals surface area (Å²) in [5, 5.41) is 2.90. The summed E-state index contributed by atoms with van der Waals surface area (Å²) >= 11 is 0.